The van der Waals surface area contributed by atoms with Gasteiger partial charge in [0.25, 0.3) is 0 Å². The topological polar surface area (TPSA) is 124 Å². The first-order valence-electron chi connectivity index (χ1n) is 11.5. The minimum absolute atomic E-state index is 0.00134. The van der Waals surface area contributed by atoms with Crippen molar-refractivity contribution >= 4 is 35.0 Å². The van der Waals surface area contributed by atoms with Crippen LogP contribution in [-0.2, 0) is 0 Å². The molecule has 0 unspecified atom stereocenters. The largest absolute Gasteiger partial charge is 0.465 e. The number of imidazole rings is 1. The van der Waals surface area contributed by atoms with Gasteiger partial charge in [0.2, 0.25) is 0 Å². The number of carboxylic acid groups (broad SMARTS) is 1. The van der Waals surface area contributed by atoms with Crippen molar-refractivity contribution in [1.82, 2.24) is 19.5 Å². The fourth-order valence-electron chi connectivity index (χ4n) is 4.56. The lowest BCUT2D eigenvalue weighted by atomic mass is 9.88. The first-order chi connectivity index (χ1) is 16.2. The van der Waals surface area contributed by atoms with Gasteiger partial charge < -0.3 is 26.0 Å². The summed E-state index contributed by atoms with van der Waals surface area (Å²) in [6.07, 6.45) is 5.69. The van der Waals surface area contributed by atoms with Gasteiger partial charge in [-0.05, 0) is 58.6 Å². The van der Waals surface area contributed by atoms with E-state index in [1.807, 2.05) is 51.1 Å². The number of hydrogen-bond donors (Lipinski definition) is 4. The molecule has 2 heterocycles. The van der Waals surface area contributed by atoms with Crippen LogP contribution in [0, 0.1) is 0 Å². The first-order valence-corrected chi connectivity index (χ1v) is 11.5. The summed E-state index contributed by atoms with van der Waals surface area (Å²) in [4.78, 5) is 30.2. The molecule has 1 fully saturated rings. The third kappa shape index (κ3) is 5.38. The van der Waals surface area contributed by atoms with E-state index in [1.165, 1.54) is 0 Å². The zero-order valence-corrected chi connectivity index (χ0v) is 19.7. The number of para-hydroxylation sites is 1. The second-order valence-electron chi connectivity index (χ2n) is 9.56. The molecule has 0 atom stereocenters. The fraction of sp³-hybridized carbons (Fsp3) is 0.417. The van der Waals surface area contributed by atoms with E-state index in [4.69, 9.17) is 0 Å². The summed E-state index contributed by atoms with van der Waals surface area (Å²) in [6.45, 7) is 5.79. The molecule has 0 spiro atoms. The predicted molar refractivity (Wildman–Crippen MR) is 131 cm³/mol. The van der Waals surface area contributed by atoms with Gasteiger partial charge in [0.05, 0.1) is 5.69 Å². The third-order valence-electron chi connectivity index (χ3n) is 5.98. The maximum Gasteiger partial charge on any atom is 0.407 e. The maximum atomic E-state index is 12.5. The number of anilines is 3. The molecular weight excluding hydrogens is 434 g/mol. The van der Waals surface area contributed by atoms with Gasteiger partial charge in [-0.1, -0.05) is 18.2 Å². The molecule has 0 bridgehead atoms. The summed E-state index contributed by atoms with van der Waals surface area (Å²) < 4.78 is 1.62. The van der Waals surface area contributed by atoms with Crippen molar-refractivity contribution in [2.24, 2.45) is 0 Å². The van der Waals surface area contributed by atoms with Gasteiger partial charge in [0.15, 0.2) is 5.65 Å². The zero-order valence-electron chi connectivity index (χ0n) is 19.7. The molecule has 3 aromatic rings. The van der Waals surface area contributed by atoms with Gasteiger partial charge in [0.1, 0.15) is 5.82 Å². The van der Waals surface area contributed by atoms with Crippen LogP contribution in [0.3, 0.4) is 0 Å². The quantitative estimate of drug-likeness (QED) is 0.426. The summed E-state index contributed by atoms with van der Waals surface area (Å²) in [5.41, 5.74) is 1.33. The van der Waals surface area contributed by atoms with E-state index in [-0.39, 0.29) is 18.1 Å². The smallest absolute Gasteiger partial charge is 0.407 e. The Morgan fingerprint density at radius 1 is 1.09 bits per heavy atom. The second-order valence-corrected chi connectivity index (χ2v) is 9.56. The highest BCUT2D eigenvalue weighted by Gasteiger charge is 2.35. The van der Waals surface area contributed by atoms with E-state index in [0.717, 1.165) is 25.7 Å². The molecule has 34 heavy (non-hydrogen) atoms. The lowest BCUT2D eigenvalue weighted by molar-refractivity contribution is 0.0556. The zero-order chi connectivity index (χ0) is 24.3. The predicted octanol–water partition coefficient (Wildman–Crippen LogP) is 4.87. The van der Waals surface area contributed by atoms with Crippen molar-refractivity contribution in [3.63, 3.8) is 0 Å². The van der Waals surface area contributed by atoms with E-state index < -0.39 is 11.6 Å². The third-order valence-corrected chi connectivity index (χ3v) is 5.98. The van der Waals surface area contributed by atoms with Crippen LogP contribution in [0.2, 0.25) is 0 Å². The van der Waals surface area contributed by atoms with Gasteiger partial charge in [-0.25, -0.2) is 19.1 Å². The Labute approximate surface area is 198 Å². The molecule has 180 valence electrons. The monoisotopic (exact) mass is 465 g/mol. The number of hydrogen-bond acceptors (Lipinski definition) is 5. The van der Waals surface area contributed by atoms with Crippen LogP contribution in [0.15, 0.2) is 48.8 Å². The maximum absolute atomic E-state index is 12.5. The first kappa shape index (κ1) is 23.3. The highest BCUT2D eigenvalue weighted by atomic mass is 16.4. The van der Waals surface area contributed by atoms with Crippen LogP contribution in [-0.4, -0.2) is 54.4 Å². The molecule has 0 saturated heterocycles. The van der Waals surface area contributed by atoms with E-state index in [9.17, 15) is 14.7 Å². The second kappa shape index (κ2) is 9.58. The standard InChI is InChI=1S/C24H31N7O3/c1-24(2,3)31(23(33)34)18-11-9-17(10-12-18)26-20-15-19(21-25-13-14-30(21)29-20)28-22(32)27-16-7-5-4-6-8-16/h4-8,13-15,17-18H,9-12H2,1-3H3,(H,26,29)(H,33,34)(H2,27,28,32). The van der Waals surface area contributed by atoms with Crippen molar-refractivity contribution in [2.75, 3.05) is 16.0 Å². The van der Waals surface area contributed by atoms with Crippen molar-refractivity contribution < 1.29 is 14.7 Å². The van der Waals surface area contributed by atoms with E-state index in [0.29, 0.717) is 22.8 Å². The Hall–Kier alpha value is -3.82. The number of fused-ring (bicyclic) bond motifs is 1. The number of rotatable bonds is 5. The summed E-state index contributed by atoms with van der Waals surface area (Å²) in [5, 5.41) is 23.4. The van der Waals surface area contributed by atoms with Crippen molar-refractivity contribution in [3.8, 4) is 0 Å². The number of benzene rings is 1. The Bertz CT molecular complexity index is 1150. The molecule has 0 radical (unpaired) electrons. The Balaban J connectivity index is 1.43. The number of carbonyl (C=O) groups excluding carboxylic acids is 1. The Kier molecular flexibility index (Phi) is 6.58. The molecule has 1 aromatic carbocycles. The molecule has 1 saturated carbocycles. The molecule has 4 rings (SSSR count). The van der Waals surface area contributed by atoms with Crippen LogP contribution in [0.5, 0.6) is 0 Å². The summed E-state index contributed by atoms with van der Waals surface area (Å²) >= 11 is 0. The van der Waals surface area contributed by atoms with Crippen LogP contribution in [0.1, 0.15) is 46.5 Å². The highest BCUT2D eigenvalue weighted by Crippen LogP contribution is 2.30. The molecule has 1 aliphatic rings. The molecule has 0 aliphatic heterocycles. The van der Waals surface area contributed by atoms with Gasteiger partial charge >= 0.3 is 12.1 Å². The number of nitrogens with one attached hydrogen (secondary N) is 3. The van der Waals surface area contributed by atoms with E-state index in [2.05, 4.69) is 26.0 Å². The van der Waals surface area contributed by atoms with E-state index >= 15 is 0 Å². The van der Waals surface area contributed by atoms with Gasteiger partial charge in [-0.15, -0.1) is 5.10 Å². The SMILES string of the molecule is CC(C)(C)N(C(=O)O)C1CCC(Nc2cc(NC(=O)Nc3ccccc3)c3nccn3n2)CC1. The normalized spacial score (nSPS) is 18.3. The van der Waals surface area contributed by atoms with Crippen molar-refractivity contribution in [1.29, 1.82) is 0 Å². The number of amides is 3. The van der Waals surface area contributed by atoms with Crippen LogP contribution in [0.25, 0.3) is 5.65 Å². The molecule has 3 amide bonds. The number of carbonyl (C=O) groups is 2. The number of nitrogens with zero attached hydrogens (tertiary/aromatic N) is 4. The fourth-order valence-corrected chi connectivity index (χ4v) is 4.56. The molecular formula is C24H31N7O3. The average Bonchev–Trinajstić information content (AvgIpc) is 3.23. The Morgan fingerprint density at radius 2 is 1.79 bits per heavy atom. The molecule has 4 N–H and O–H groups in total. The lowest BCUT2D eigenvalue weighted by Crippen LogP contribution is -2.52. The summed E-state index contributed by atoms with van der Waals surface area (Å²) in [5.74, 6) is 0.620. The minimum atomic E-state index is -0.874. The molecule has 2 aromatic heterocycles. The van der Waals surface area contributed by atoms with Crippen LogP contribution >= 0.6 is 0 Å². The van der Waals surface area contributed by atoms with Crippen LogP contribution in [0.4, 0.5) is 26.8 Å². The summed E-state index contributed by atoms with van der Waals surface area (Å²) in [6, 6.07) is 10.8. The highest BCUT2D eigenvalue weighted by molar-refractivity contribution is 6.02. The van der Waals surface area contributed by atoms with Gasteiger partial charge in [0, 0.05) is 41.8 Å². The number of urea groups is 1. The molecule has 10 nitrogen and oxygen atoms in total. The average molecular weight is 466 g/mol. The minimum Gasteiger partial charge on any atom is -0.465 e. The van der Waals surface area contributed by atoms with Crippen molar-refractivity contribution in [2.45, 2.75) is 64.1 Å². The van der Waals surface area contributed by atoms with Crippen molar-refractivity contribution in [3.05, 3.63) is 48.8 Å². The Morgan fingerprint density at radius 3 is 2.44 bits per heavy atom. The van der Waals surface area contributed by atoms with E-state index in [1.54, 1.807) is 27.9 Å². The van der Waals surface area contributed by atoms with Crippen LogP contribution < -0.4 is 16.0 Å². The molecule has 1 aliphatic carbocycles. The summed E-state index contributed by atoms with van der Waals surface area (Å²) in [7, 11) is 0. The molecule has 10 heteroatoms. The van der Waals surface area contributed by atoms with Gasteiger partial charge in [-0.3, -0.25) is 0 Å². The lowest BCUT2D eigenvalue weighted by Gasteiger charge is -2.42. The number of aromatic nitrogens is 3. The van der Waals surface area contributed by atoms with Gasteiger partial charge in [-0.2, -0.15) is 0 Å².